The van der Waals surface area contributed by atoms with Crippen molar-refractivity contribution in [2.45, 2.75) is 58.5 Å². The fourth-order valence-electron chi connectivity index (χ4n) is 2.96. The van der Waals surface area contributed by atoms with E-state index in [1.54, 1.807) is 0 Å². The Labute approximate surface area is 116 Å². The molecule has 0 radical (unpaired) electrons. The van der Waals surface area contributed by atoms with Crippen molar-refractivity contribution in [1.29, 1.82) is 0 Å². The molecule has 0 heterocycles. The second-order valence-corrected chi connectivity index (χ2v) is 5.93. The predicted molar refractivity (Wildman–Crippen MR) is 79.1 cm³/mol. The summed E-state index contributed by atoms with van der Waals surface area (Å²) < 4.78 is 0. The Hall–Kier alpha value is -0.530. The van der Waals surface area contributed by atoms with Gasteiger partial charge in [0.05, 0.1) is 0 Å². The lowest BCUT2D eigenvalue weighted by molar-refractivity contribution is 0.254. The van der Waals surface area contributed by atoms with Crippen LogP contribution in [0.4, 0.5) is 0 Å². The fourth-order valence-corrected chi connectivity index (χ4v) is 3.16. The fraction of sp³-hybridized carbons (Fsp3) is 0.625. The molecule has 0 aromatic heterocycles. The molecule has 1 aromatic carbocycles. The highest BCUT2D eigenvalue weighted by molar-refractivity contribution is 6.31. The van der Waals surface area contributed by atoms with Gasteiger partial charge in [0.25, 0.3) is 0 Å². The van der Waals surface area contributed by atoms with E-state index < -0.39 is 0 Å². The molecule has 1 nitrogen and oxygen atoms in total. The zero-order chi connectivity index (χ0) is 13.0. The predicted octanol–water partition coefficient (Wildman–Crippen LogP) is 4.71. The zero-order valence-electron chi connectivity index (χ0n) is 11.5. The molecular formula is C16H24ClN. The first-order valence-corrected chi connectivity index (χ1v) is 7.57. The van der Waals surface area contributed by atoms with Gasteiger partial charge in [-0.15, -0.1) is 0 Å². The van der Waals surface area contributed by atoms with E-state index >= 15 is 0 Å². The van der Waals surface area contributed by atoms with Crippen LogP contribution in [0.2, 0.25) is 5.02 Å². The summed E-state index contributed by atoms with van der Waals surface area (Å²) in [5.74, 6) is 0.861. The Kier molecular flexibility index (Phi) is 5.08. The molecule has 0 bridgehead atoms. The van der Waals surface area contributed by atoms with Gasteiger partial charge < -0.3 is 5.32 Å². The molecule has 2 atom stereocenters. The van der Waals surface area contributed by atoms with E-state index in [0.29, 0.717) is 6.04 Å². The Morgan fingerprint density at radius 2 is 2.06 bits per heavy atom. The summed E-state index contributed by atoms with van der Waals surface area (Å²) in [7, 11) is 0. The van der Waals surface area contributed by atoms with Crippen LogP contribution < -0.4 is 5.32 Å². The SMILES string of the molecule is CCC1CCCCC1NCc1ccc(C)c(Cl)c1. The highest BCUT2D eigenvalue weighted by atomic mass is 35.5. The first kappa shape index (κ1) is 13.9. The molecular weight excluding hydrogens is 242 g/mol. The van der Waals surface area contributed by atoms with Crippen LogP contribution in [0.3, 0.4) is 0 Å². The van der Waals surface area contributed by atoms with Gasteiger partial charge >= 0.3 is 0 Å². The summed E-state index contributed by atoms with van der Waals surface area (Å²) in [5, 5.41) is 4.61. The largest absolute Gasteiger partial charge is 0.310 e. The van der Waals surface area contributed by atoms with Crippen LogP contribution >= 0.6 is 11.6 Å². The van der Waals surface area contributed by atoms with Crippen molar-refractivity contribution >= 4 is 11.6 Å². The molecule has 18 heavy (non-hydrogen) atoms. The maximum atomic E-state index is 6.16. The highest BCUT2D eigenvalue weighted by Crippen LogP contribution is 2.27. The van der Waals surface area contributed by atoms with E-state index in [2.05, 4.69) is 30.4 Å². The first-order valence-electron chi connectivity index (χ1n) is 7.19. The lowest BCUT2D eigenvalue weighted by Gasteiger charge is -2.31. The molecule has 0 amide bonds. The maximum Gasteiger partial charge on any atom is 0.0438 e. The topological polar surface area (TPSA) is 12.0 Å². The van der Waals surface area contributed by atoms with E-state index in [0.717, 1.165) is 23.0 Å². The van der Waals surface area contributed by atoms with Crippen LogP contribution in [0.25, 0.3) is 0 Å². The smallest absolute Gasteiger partial charge is 0.0438 e. The molecule has 0 spiro atoms. The van der Waals surface area contributed by atoms with E-state index in [1.807, 2.05) is 6.92 Å². The minimum atomic E-state index is 0.698. The van der Waals surface area contributed by atoms with E-state index in [9.17, 15) is 0 Å². The Bertz CT molecular complexity index is 389. The number of aryl methyl sites for hydroxylation is 1. The molecule has 2 rings (SSSR count). The third-order valence-electron chi connectivity index (χ3n) is 4.24. The third-order valence-corrected chi connectivity index (χ3v) is 4.65. The minimum Gasteiger partial charge on any atom is -0.310 e. The van der Waals surface area contributed by atoms with Crippen molar-refractivity contribution in [3.63, 3.8) is 0 Å². The summed E-state index contributed by atoms with van der Waals surface area (Å²) in [5.41, 5.74) is 2.45. The van der Waals surface area contributed by atoms with Crippen LogP contribution in [-0.4, -0.2) is 6.04 Å². The van der Waals surface area contributed by atoms with Crippen molar-refractivity contribution < 1.29 is 0 Å². The second kappa shape index (κ2) is 6.58. The number of hydrogen-bond donors (Lipinski definition) is 1. The number of hydrogen-bond acceptors (Lipinski definition) is 1. The summed E-state index contributed by atoms with van der Waals surface area (Å²) in [6, 6.07) is 7.08. The van der Waals surface area contributed by atoms with Gasteiger partial charge in [0.2, 0.25) is 0 Å². The van der Waals surface area contributed by atoms with Crippen molar-refractivity contribution in [1.82, 2.24) is 5.32 Å². The van der Waals surface area contributed by atoms with Gasteiger partial charge in [-0.25, -0.2) is 0 Å². The summed E-state index contributed by atoms with van der Waals surface area (Å²) in [6.07, 6.45) is 6.81. The van der Waals surface area contributed by atoms with Gasteiger partial charge in [0.15, 0.2) is 0 Å². The number of halogens is 1. The Morgan fingerprint density at radius 3 is 2.78 bits per heavy atom. The van der Waals surface area contributed by atoms with E-state index in [1.165, 1.54) is 37.7 Å². The van der Waals surface area contributed by atoms with Gasteiger partial charge in [0, 0.05) is 17.6 Å². The Morgan fingerprint density at radius 1 is 1.28 bits per heavy atom. The zero-order valence-corrected chi connectivity index (χ0v) is 12.3. The van der Waals surface area contributed by atoms with Crippen molar-refractivity contribution in [3.05, 3.63) is 34.3 Å². The van der Waals surface area contributed by atoms with Gasteiger partial charge in [-0.05, 0) is 42.9 Å². The molecule has 1 fully saturated rings. The first-order chi connectivity index (χ1) is 8.70. The average Bonchev–Trinajstić information content (AvgIpc) is 2.40. The average molecular weight is 266 g/mol. The van der Waals surface area contributed by atoms with Gasteiger partial charge in [0.1, 0.15) is 0 Å². The van der Waals surface area contributed by atoms with Gasteiger partial charge in [-0.3, -0.25) is 0 Å². The lowest BCUT2D eigenvalue weighted by atomic mass is 9.83. The molecule has 1 aliphatic carbocycles. The molecule has 1 aliphatic rings. The van der Waals surface area contributed by atoms with Crippen molar-refractivity contribution in [2.75, 3.05) is 0 Å². The molecule has 2 unspecified atom stereocenters. The quantitative estimate of drug-likeness (QED) is 0.832. The Balaban J connectivity index is 1.91. The van der Waals surface area contributed by atoms with Crippen LogP contribution in [0.1, 0.15) is 50.2 Å². The normalized spacial score (nSPS) is 24.2. The number of benzene rings is 1. The molecule has 2 heteroatoms. The summed E-state index contributed by atoms with van der Waals surface area (Å²) >= 11 is 6.16. The molecule has 100 valence electrons. The van der Waals surface area contributed by atoms with E-state index in [-0.39, 0.29) is 0 Å². The summed E-state index contributed by atoms with van der Waals surface area (Å²) in [6.45, 7) is 5.31. The highest BCUT2D eigenvalue weighted by Gasteiger charge is 2.22. The maximum absolute atomic E-state index is 6.16. The summed E-state index contributed by atoms with van der Waals surface area (Å²) in [4.78, 5) is 0. The van der Waals surface area contributed by atoms with Crippen LogP contribution in [-0.2, 0) is 6.54 Å². The minimum absolute atomic E-state index is 0.698. The third kappa shape index (κ3) is 3.49. The van der Waals surface area contributed by atoms with Crippen LogP contribution in [0.5, 0.6) is 0 Å². The standard InChI is InChI=1S/C16H24ClN/c1-3-14-6-4-5-7-16(14)18-11-13-9-8-12(2)15(17)10-13/h8-10,14,16,18H,3-7,11H2,1-2H3. The molecule has 1 N–H and O–H groups in total. The van der Waals surface area contributed by atoms with Crippen molar-refractivity contribution in [2.24, 2.45) is 5.92 Å². The van der Waals surface area contributed by atoms with Crippen molar-refractivity contribution in [3.8, 4) is 0 Å². The van der Waals surface area contributed by atoms with Gasteiger partial charge in [-0.1, -0.05) is 49.9 Å². The molecule has 0 saturated heterocycles. The number of nitrogens with one attached hydrogen (secondary N) is 1. The number of rotatable bonds is 4. The van der Waals surface area contributed by atoms with Crippen LogP contribution in [0, 0.1) is 12.8 Å². The molecule has 1 saturated carbocycles. The lowest BCUT2D eigenvalue weighted by Crippen LogP contribution is -2.37. The van der Waals surface area contributed by atoms with Gasteiger partial charge in [-0.2, -0.15) is 0 Å². The van der Waals surface area contributed by atoms with E-state index in [4.69, 9.17) is 11.6 Å². The van der Waals surface area contributed by atoms with Crippen LogP contribution in [0.15, 0.2) is 18.2 Å². The second-order valence-electron chi connectivity index (χ2n) is 5.52. The monoisotopic (exact) mass is 265 g/mol. The molecule has 1 aromatic rings. The molecule has 0 aliphatic heterocycles.